The molecule has 1 unspecified atom stereocenters. The Balaban J connectivity index is 1.11. The molecule has 9 atom stereocenters. The number of aromatic nitrogens is 8. The van der Waals surface area contributed by atoms with Crippen molar-refractivity contribution >= 4 is 41.9 Å². The third kappa shape index (κ3) is 4.40. The molecule has 22 heteroatoms. The molecule has 9 N–H and O–H groups in total. The summed E-state index contributed by atoms with van der Waals surface area (Å²) >= 11 is 0. The van der Waals surface area contributed by atoms with Crippen LogP contribution < -0.4 is 17.0 Å². The Morgan fingerprint density at radius 2 is 1.86 bits per heavy atom. The summed E-state index contributed by atoms with van der Waals surface area (Å²) in [6.45, 7) is -1.54. The number of aliphatic hydroxyl groups is 3. The highest BCUT2D eigenvalue weighted by molar-refractivity contribution is 7.47. The van der Waals surface area contributed by atoms with E-state index in [0.717, 1.165) is 6.33 Å². The third-order valence-corrected chi connectivity index (χ3v) is 8.58. The Morgan fingerprint density at radius 1 is 1.12 bits per heavy atom. The maximum atomic E-state index is 13.2. The first-order valence-corrected chi connectivity index (χ1v) is 14.2. The van der Waals surface area contributed by atoms with Crippen LogP contribution in [0.1, 0.15) is 12.5 Å². The summed E-state index contributed by atoms with van der Waals surface area (Å²) in [5.41, 5.74) is 9.69. The molecule has 0 aliphatic carbocycles. The van der Waals surface area contributed by atoms with E-state index in [-0.39, 0.29) is 29.5 Å². The first-order valence-electron chi connectivity index (χ1n) is 12.7. The summed E-state index contributed by atoms with van der Waals surface area (Å²) in [6.07, 6.45) is -5.28. The Morgan fingerprint density at radius 3 is 2.63 bits per heavy atom. The van der Waals surface area contributed by atoms with Crippen molar-refractivity contribution in [2.45, 2.75) is 48.6 Å². The van der Waals surface area contributed by atoms with E-state index in [0.29, 0.717) is 11.2 Å². The zero-order valence-corrected chi connectivity index (χ0v) is 22.7. The number of nitrogens with two attached hydrogens (primary N) is 2. The number of imidazole rings is 2. The number of hydrogen-bond acceptors (Lipinski definition) is 17. The molecular formula is C21H25N10O11P. The van der Waals surface area contributed by atoms with Crippen LogP contribution in [0.5, 0.6) is 0 Å². The number of anilines is 2. The lowest BCUT2D eigenvalue weighted by atomic mass is 10.0. The maximum absolute atomic E-state index is 13.2. The summed E-state index contributed by atoms with van der Waals surface area (Å²) in [6, 6.07) is 0. The van der Waals surface area contributed by atoms with E-state index in [2.05, 4.69) is 29.9 Å². The largest absolute Gasteiger partial charge is 0.472 e. The van der Waals surface area contributed by atoms with Crippen LogP contribution in [0.4, 0.5) is 11.8 Å². The number of phosphoric ester groups is 1. The van der Waals surface area contributed by atoms with E-state index in [1.54, 1.807) is 0 Å². The molecule has 0 aromatic carbocycles. The highest BCUT2D eigenvalue weighted by Crippen LogP contribution is 2.53. The van der Waals surface area contributed by atoms with Gasteiger partial charge in [0.05, 0.1) is 32.5 Å². The molecule has 0 radical (unpaired) electrons. The summed E-state index contributed by atoms with van der Waals surface area (Å²) in [4.78, 5) is 45.4. The van der Waals surface area contributed by atoms with Crippen molar-refractivity contribution in [1.29, 1.82) is 0 Å². The molecule has 7 heterocycles. The minimum Gasteiger partial charge on any atom is -0.394 e. The molecule has 0 saturated carbocycles. The monoisotopic (exact) mass is 624 g/mol. The van der Waals surface area contributed by atoms with Gasteiger partial charge in [0.2, 0.25) is 5.95 Å². The van der Waals surface area contributed by atoms with Crippen LogP contribution in [-0.4, -0.2) is 115 Å². The lowest BCUT2D eigenvalue weighted by Gasteiger charge is -2.31. The Bertz CT molecular complexity index is 1820. The van der Waals surface area contributed by atoms with Crippen molar-refractivity contribution < 1.29 is 48.0 Å². The summed E-state index contributed by atoms with van der Waals surface area (Å²) in [5, 5.41) is 31.5. The number of H-pyrrole nitrogens is 1. The highest BCUT2D eigenvalue weighted by atomic mass is 31.2. The second-order valence-corrected chi connectivity index (χ2v) is 11.6. The second kappa shape index (κ2) is 9.95. The maximum Gasteiger partial charge on any atom is 0.472 e. The molecule has 4 aromatic rings. The fourth-order valence-corrected chi connectivity index (χ4v) is 6.49. The fourth-order valence-electron chi connectivity index (χ4n) is 5.51. The Kier molecular flexibility index (Phi) is 6.52. The van der Waals surface area contributed by atoms with Gasteiger partial charge in [0.15, 0.2) is 35.1 Å². The summed E-state index contributed by atoms with van der Waals surface area (Å²) < 4.78 is 43.9. The van der Waals surface area contributed by atoms with Crippen molar-refractivity contribution in [2.75, 3.05) is 31.3 Å². The van der Waals surface area contributed by atoms with Gasteiger partial charge in [-0.15, -0.1) is 0 Å². The minimum atomic E-state index is -5.05. The quantitative estimate of drug-likeness (QED) is 0.0955. The molecular weight excluding hydrogens is 599 g/mol. The van der Waals surface area contributed by atoms with Crippen LogP contribution in [0.3, 0.4) is 0 Å². The van der Waals surface area contributed by atoms with E-state index in [1.807, 2.05) is 0 Å². The van der Waals surface area contributed by atoms with E-state index >= 15 is 0 Å². The molecule has 230 valence electrons. The number of hydrogen-bond donors (Lipinski definition) is 7. The predicted octanol–water partition coefficient (Wildman–Crippen LogP) is -3.10. The molecule has 43 heavy (non-hydrogen) atoms. The van der Waals surface area contributed by atoms with Crippen LogP contribution in [-0.2, 0) is 27.8 Å². The zero-order chi connectivity index (χ0) is 30.3. The molecule has 0 spiro atoms. The van der Waals surface area contributed by atoms with Gasteiger partial charge in [0, 0.05) is 0 Å². The van der Waals surface area contributed by atoms with Crippen molar-refractivity contribution in [3.05, 3.63) is 29.3 Å². The van der Waals surface area contributed by atoms with Crippen LogP contribution in [0.2, 0.25) is 0 Å². The zero-order valence-electron chi connectivity index (χ0n) is 21.8. The lowest BCUT2D eigenvalue weighted by molar-refractivity contribution is -0.184. The second-order valence-electron chi connectivity index (χ2n) is 10.2. The van der Waals surface area contributed by atoms with Gasteiger partial charge in [-0.05, 0) is 0 Å². The van der Waals surface area contributed by atoms with Crippen molar-refractivity contribution in [3.8, 4) is 0 Å². The van der Waals surface area contributed by atoms with Gasteiger partial charge >= 0.3 is 7.82 Å². The number of nitrogens with one attached hydrogen (secondary N) is 1. The molecule has 4 aromatic heterocycles. The van der Waals surface area contributed by atoms with Crippen molar-refractivity contribution in [1.82, 2.24) is 39.0 Å². The number of nitrogens with zero attached hydrogens (tertiary/aromatic N) is 7. The van der Waals surface area contributed by atoms with Crippen LogP contribution in [0, 0.1) is 0 Å². The smallest absolute Gasteiger partial charge is 0.394 e. The van der Waals surface area contributed by atoms with Crippen molar-refractivity contribution in [2.24, 2.45) is 0 Å². The first-order chi connectivity index (χ1) is 20.5. The van der Waals surface area contributed by atoms with E-state index < -0.39 is 75.2 Å². The molecule has 3 saturated heterocycles. The van der Waals surface area contributed by atoms with Gasteiger partial charge in [-0.1, -0.05) is 0 Å². The van der Waals surface area contributed by atoms with Crippen molar-refractivity contribution in [3.63, 3.8) is 0 Å². The highest BCUT2D eigenvalue weighted by Gasteiger charge is 2.63. The topological polar surface area (TPSA) is 303 Å². The molecule has 0 amide bonds. The average molecular weight is 624 g/mol. The predicted molar refractivity (Wildman–Crippen MR) is 139 cm³/mol. The van der Waals surface area contributed by atoms with Gasteiger partial charge in [-0.2, -0.15) is 4.98 Å². The van der Waals surface area contributed by atoms with Gasteiger partial charge in [-0.25, -0.2) is 24.5 Å². The van der Waals surface area contributed by atoms with Gasteiger partial charge < -0.3 is 45.9 Å². The first kappa shape index (κ1) is 28.2. The molecule has 3 aliphatic heterocycles. The van der Waals surface area contributed by atoms with Gasteiger partial charge in [-0.3, -0.25) is 28.0 Å². The van der Waals surface area contributed by atoms with Crippen LogP contribution in [0.25, 0.3) is 22.3 Å². The van der Waals surface area contributed by atoms with E-state index in [4.69, 9.17) is 34.7 Å². The number of nitrogen functional groups attached to an aromatic ring is 2. The van der Waals surface area contributed by atoms with Gasteiger partial charge in [0.1, 0.15) is 48.0 Å². The molecule has 3 fully saturated rings. The number of aromatic amines is 1. The Labute approximate surface area is 238 Å². The third-order valence-electron chi connectivity index (χ3n) is 7.61. The summed E-state index contributed by atoms with van der Waals surface area (Å²) in [5.74, 6) is -0.103. The number of aliphatic hydroxyl groups excluding tert-OH is 3. The number of phosphoric acid groups is 1. The van der Waals surface area contributed by atoms with Crippen LogP contribution in [0.15, 0.2) is 23.8 Å². The molecule has 21 nitrogen and oxygen atoms in total. The van der Waals surface area contributed by atoms with Crippen LogP contribution >= 0.6 is 7.82 Å². The normalized spacial score (nSPS) is 33.5. The Hall–Kier alpha value is -3.63. The lowest BCUT2D eigenvalue weighted by Crippen LogP contribution is -2.45. The molecule has 2 bridgehead atoms. The number of ether oxygens (including phenoxy) is 3. The fraction of sp³-hybridized carbons (Fsp3) is 0.524. The standard InChI is InChI=1S/C21H25N10O11P/c22-14-8-15(25-4-24-14)30(5-26-8)19-12-13(34)21(41-19,2-38-12)3-39-43(36,37)42-11-10(33)7(1-32)40-18(11)31-6-27-9-16(31)28-20(23)29-17(9)35/h4-7,10-13,18-19,32-34H,1-3H2,(H,36,37)(H2,22,24,25)(H3,23,28,29,35)/t7-,10-,11-,12-,13+,18-,19-,21-/m1/s1. The van der Waals surface area contributed by atoms with E-state index in [9.17, 15) is 29.6 Å². The summed E-state index contributed by atoms with van der Waals surface area (Å²) in [7, 11) is -5.05. The number of fused-ring (bicyclic) bond motifs is 4. The minimum absolute atomic E-state index is 0.0695. The van der Waals surface area contributed by atoms with E-state index in [1.165, 1.54) is 21.8 Å². The molecule has 3 aliphatic rings. The molecule has 7 rings (SSSR count). The SMILES string of the molecule is Nc1nc2c(ncn2[C@@H]2O[C@H](CO)[C@@H](O)[C@H]2OP(=O)(O)OC[C@@]23CO[C@@H]([C@H](n4cnc5c(N)ncnc54)O2)[C@@H]3O)c(=O)[nH]1. The number of rotatable bonds is 8. The van der Waals surface area contributed by atoms with Gasteiger partial charge in [0.25, 0.3) is 5.56 Å². The average Bonchev–Trinajstić information content (AvgIpc) is 3.77.